The van der Waals surface area contributed by atoms with Crippen LogP contribution in [0.15, 0.2) is 70.9 Å². The highest BCUT2D eigenvalue weighted by Gasteiger charge is 2.11. The van der Waals surface area contributed by atoms with Crippen LogP contribution in [0.4, 0.5) is 11.4 Å². The highest BCUT2D eigenvalue weighted by Crippen LogP contribution is 2.18. The summed E-state index contributed by atoms with van der Waals surface area (Å²) < 4.78 is 5.36. The van der Waals surface area contributed by atoms with Crippen LogP contribution in [0.2, 0.25) is 0 Å². The van der Waals surface area contributed by atoms with Gasteiger partial charge in [-0.25, -0.2) is 0 Å². The van der Waals surface area contributed by atoms with Gasteiger partial charge >= 0.3 is 0 Å². The molecule has 0 aliphatic rings. The molecule has 0 saturated heterocycles. The molecule has 0 saturated carbocycles. The number of hydrogen-bond donors (Lipinski definition) is 2. The van der Waals surface area contributed by atoms with Gasteiger partial charge in [-0.05, 0) is 50.2 Å². The second kappa shape index (κ2) is 8.53. The monoisotopic (exact) mass is 324 g/mol. The van der Waals surface area contributed by atoms with E-state index in [4.69, 9.17) is 4.74 Å². The number of nitrogens with zero attached hydrogens (tertiary/aromatic N) is 1. The predicted molar refractivity (Wildman–Crippen MR) is 96.2 cm³/mol. The highest BCUT2D eigenvalue weighted by atomic mass is 16.5. The summed E-state index contributed by atoms with van der Waals surface area (Å²) in [6.07, 6.45) is 1.35. The van der Waals surface area contributed by atoms with Crippen molar-refractivity contribution >= 4 is 23.5 Å². The van der Waals surface area contributed by atoms with Gasteiger partial charge < -0.3 is 15.2 Å². The number of amides is 1. The summed E-state index contributed by atoms with van der Waals surface area (Å²) >= 11 is 0. The molecular formula is C19H20N2O3. The first-order valence-electron chi connectivity index (χ1n) is 7.63. The lowest BCUT2D eigenvalue weighted by Crippen LogP contribution is -2.16. The number of benzene rings is 2. The van der Waals surface area contributed by atoms with Crippen LogP contribution in [-0.4, -0.2) is 23.8 Å². The fourth-order valence-electron chi connectivity index (χ4n) is 1.97. The van der Waals surface area contributed by atoms with Crippen molar-refractivity contribution in [1.29, 1.82) is 0 Å². The molecule has 0 bridgehead atoms. The Morgan fingerprint density at radius 2 is 1.83 bits per heavy atom. The van der Waals surface area contributed by atoms with Crippen LogP contribution in [0, 0.1) is 0 Å². The summed E-state index contributed by atoms with van der Waals surface area (Å²) in [5.41, 5.74) is 1.41. The molecule has 0 aliphatic carbocycles. The van der Waals surface area contributed by atoms with Gasteiger partial charge in [0.05, 0.1) is 17.9 Å². The summed E-state index contributed by atoms with van der Waals surface area (Å²) in [5, 5.41) is 12.5. The van der Waals surface area contributed by atoms with Gasteiger partial charge in [0.15, 0.2) is 0 Å². The molecule has 0 heterocycles. The van der Waals surface area contributed by atoms with E-state index >= 15 is 0 Å². The van der Waals surface area contributed by atoms with Crippen LogP contribution in [0.5, 0.6) is 5.75 Å². The fraction of sp³-hybridized carbons (Fsp3) is 0.158. The first-order valence-corrected chi connectivity index (χ1v) is 7.63. The van der Waals surface area contributed by atoms with E-state index in [1.807, 2.05) is 25.1 Å². The minimum absolute atomic E-state index is 0.0990. The number of aliphatic hydroxyl groups excluding tert-OH is 1. The molecule has 0 unspecified atom stereocenters. The number of aliphatic imine (C=N–C) groups is 1. The number of hydrogen-bond acceptors (Lipinski definition) is 4. The van der Waals surface area contributed by atoms with E-state index in [-0.39, 0.29) is 11.3 Å². The minimum atomic E-state index is -0.420. The summed E-state index contributed by atoms with van der Waals surface area (Å²) in [7, 11) is 0. The molecule has 0 atom stereocenters. The SMILES string of the molecule is CCOc1ccc(N=CC(C(=O)Nc2ccccc2)=C(C)O)cc1. The molecule has 5 heteroatoms. The third-order valence-electron chi connectivity index (χ3n) is 3.16. The number of carbonyl (C=O) groups excluding carboxylic acids is 1. The largest absolute Gasteiger partial charge is 0.512 e. The number of anilines is 1. The molecule has 2 N–H and O–H groups in total. The van der Waals surface area contributed by atoms with Gasteiger partial charge in [-0.2, -0.15) is 0 Å². The lowest BCUT2D eigenvalue weighted by atomic mass is 10.2. The molecule has 2 rings (SSSR count). The maximum absolute atomic E-state index is 12.3. The topological polar surface area (TPSA) is 70.9 Å². The van der Waals surface area contributed by atoms with Crippen molar-refractivity contribution in [3.63, 3.8) is 0 Å². The zero-order valence-electron chi connectivity index (χ0n) is 13.7. The van der Waals surface area contributed by atoms with E-state index in [1.165, 1.54) is 13.1 Å². The molecule has 0 aliphatic heterocycles. The second-order valence-electron chi connectivity index (χ2n) is 5.00. The van der Waals surface area contributed by atoms with Crippen molar-refractivity contribution in [3.8, 4) is 5.75 Å². The molecule has 2 aromatic carbocycles. The summed E-state index contributed by atoms with van der Waals surface area (Å²) in [6.45, 7) is 3.96. The molecule has 2 aromatic rings. The number of carbonyl (C=O) groups is 1. The molecule has 124 valence electrons. The van der Waals surface area contributed by atoms with Gasteiger partial charge in [0.25, 0.3) is 5.91 Å². The zero-order valence-corrected chi connectivity index (χ0v) is 13.7. The van der Waals surface area contributed by atoms with Gasteiger partial charge in [0.1, 0.15) is 11.5 Å². The maximum atomic E-state index is 12.3. The van der Waals surface area contributed by atoms with Gasteiger partial charge in [0, 0.05) is 11.9 Å². The van der Waals surface area contributed by atoms with Crippen molar-refractivity contribution in [2.24, 2.45) is 4.99 Å². The van der Waals surface area contributed by atoms with Crippen molar-refractivity contribution in [2.45, 2.75) is 13.8 Å². The molecule has 24 heavy (non-hydrogen) atoms. The quantitative estimate of drug-likeness (QED) is 0.474. The minimum Gasteiger partial charge on any atom is -0.512 e. The van der Waals surface area contributed by atoms with E-state index in [0.29, 0.717) is 18.0 Å². The first-order chi connectivity index (χ1) is 11.6. The number of allylic oxidation sites excluding steroid dienone is 1. The normalized spacial score (nSPS) is 11.9. The van der Waals surface area contributed by atoms with E-state index < -0.39 is 5.91 Å². The number of ether oxygens (including phenoxy) is 1. The van der Waals surface area contributed by atoms with Crippen LogP contribution in [0.25, 0.3) is 0 Å². The van der Waals surface area contributed by atoms with Crippen molar-refractivity contribution in [2.75, 3.05) is 11.9 Å². The molecular weight excluding hydrogens is 304 g/mol. The van der Waals surface area contributed by atoms with Crippen molar-refractivity contribution in [1.82, 2.24) is 0 Å². The Morgan fingerprint density at radius 1 is 1.17 bits per heavy atom. The molecule has 0 fully saturated rings. The van der Waals surface area contributed by atoms with Crippen LogP contribution >= 0.6 is 0 Å². The average Bonchev–Trinajstić information content (AvgIpc) is 2.57. The Labute approximate surface area is 141 Å². The van der Waals surface area contributed by atoms with E-state index in [9.17, 15) is 9.90 Å². The Balaban J connectivity index is 2.11. The number of nitrogens with one attached hydrogen (secondary N) is 1. The molecule has 0 spiro atoms. The van der Waals surface area contributed by atoms with Crippen LogP contribution in [0.1, 0.15) is 13.8 Å². The summed E-state index contributed by atoms with van der Waals surface area (Å²) in [4.78, 5) is 16.5. The van der Waals surface area contributed by atoms with Gasteiger partial charge in [-0.15, -0.1) is 0 Å². The van der Waals surface area contributed by atoms with Crippen molar-refractivity contribution in [3.05, 3.63) is 65.9 Å². The van der Waals surface area contributed by atoms with E-state index in [1.54, 1.807) is 36.4 Å². The summed E-state index contributed by atoms with van der Waals surface area (Å²) in [5.74, 6) is 0.237. The third kappa shape index (κ3) is 4.98. The Kier molecular flexibility index (Phi) is 6.14. The number of aliphatic hydroxyl groups is 1. The van der Waals surface area contributed by atoms with Crippen LogP contribution in [0.3, 0.4) is 0 Å². The van der Waals surface area contributed by atoms with Crippen LogP contribution < -0.4 is 10.1 Å². The van der Waals surface area contributed by atoms with Crippen LogP contribution in [-0.2, 0) is 4.79 Å². The predicted octanol–water partition coefficient (Wildman–Crippen LogP) is 4.26. The number of rotatable bonds is 6. The van der Waals surface area contributed by atoms with E-state index in [2.05, 4.69) is 10.3 Å². The van der Waals surface area contributed by atoms with Crippen molar-refractivity contribution < 1.29 is 14.6 Å². The highest BCUT2D eigenvalue weighted by molar-refractivity contribution is 6.18. The fourth-order valence-corrected chi connectivity index (χ4v) is 1.97. The second-order valence-corrected chi connectivity index (χ2v) is 5.00. The Bertz CT molecular complexity index is 731. The first kappa shape index (κ1) is 17.3. The molecule has 5 nitrogen and oxygen atoms in total. The lowest BCUT2D eigenvalue weighted by Gasteiger charge is -2.06. The third-order valence-corrected chi connectivity index (χ3v) is 3.16. The van der Waals surface area contributed by atoms with Gasteiger partial charge in [-0.3, -0.25) is 9.79 Å². The van der Waals surface area contributed by atoms with E-state index in [0.717, 1.165) is 5.75 Å². The van der Waals surface area contributed by atoms with Gasteiger partial charge in [0.2, 0.25) is 0 Å². The lowest BCUT2D eigenvalue weighted by molar-refractivity contribution is -0.112. The smallest absolute Gasteiger partial charge is 0.260 e. The number of para-hydroxylation sites is 1. The zero-order chi connectivity index (χ0) is 17.4. The maximum Gasteiger partial charge on any atom is 0.260 e. The average molecular weight is 324 g/mol. The standard InChI is InChI=1S/C19H20N2O3/c1-3-24-17-11-9-15(10-12-17)20-13-18(14(2)22)19(23)21-16-7-5-4-6-8-16/h4-13,22H,3H2,1-2H3,(H,21,23). The Morgan fingerprint density at radius 3 is 2.42 bits per heavy atom. The molecule has 1 amide bonds. The molecule has 0 aromatic heterocycles. The molecule has 0 radical (unpaired) electrons. The Hall–Kier alpha value is -3.08. The van der Waals surface area contributed by atoms with Gasteiger partial charge in [-0.1, -0.05) is 18.2 Å². The summed E-state index contributed by atoms with van der Waals surface area (Å²) in [6, 6.07) is 16.2.